The third-order valence-electron chi connectivity index (χ3n) is 3.26. The summed E-state index contributed by atoms with van der Waals surface area (Å²) in [4.78, 5) is 4.18. The lowest BCUT2D eigenvalue weighted by Crippen LogP contribution is -2.23. The Morgan fingerprint density at radius 2 is 2.11 bits per heavy atom. The summed E-state index contributed by atoms with van der Waals surface area (Å²) >= 11 is 0. The van der Waals surface area contributed by atoms with Gasteiger partial charge in [0.1, 0.15) is 5.82 Å². The molecular weight excluding hydrogens is 245 g/mol. The van der Waals surface area contributed by atoms with Crippen molar-refractivity contribution >= 4 is 11.0 Å². The zero-order valence-corrected chi connectivity index (χ0v) is 9.41. The van der Waals surface area contributed by atoms with Crippen molar-refractivity contribution in [3.8, 4) is 0 Å². The highest BCUT2D eigenvalue weighted by atomic mass is 19.4. The van der Waals surface area contributed by atoms with Crippen molar-refractivity contribution in [3.05, 3.63) is 29.6 Å². The average Bonchev–Trinajstić information content (AvgIpc) is 2.63. The molecule has 0 saturated heterocycles. The monoisotopic (exact) mass is 256 g/mol. The van der Waals surface area contributed by atoms with E-state index in [2.05, 4.69) is 4.98 Å². The molecule has 1 aliphatic rings. The zero-order chi connectivity index (χ0) is 12.9. The van der Waals surface area contributed by atoms with Crippen molar-refractivity contribution in [3.63, 3.8) is 0 Å². The van der Waals surface area contributed by atoms with Crippen molar-refractivity contribution < 1.29 is 18.3 Å². The fourth-order valence-corrected chi connectivity index (χ4v) is 2.35. The molecule has 3 nitrogen and oxygen atoms in total. The van der Waals surface area contributed by atoms with Crippen molar-refractivity contribution in [1.29, 1.82) is 0 Å². The van der Waals surface area contributed by atoms with Gasteiger partial charge in [-0.25, -0.2) is 4.98 Å². The molecule has 0 bridgehead atoms. The summed E-state index contributed by atoms with van der Waals surface area (Å²) in [6, 6.07) is 3.59. The van der Waals surface area contributed by atoms with E-state index in [4.69, 9.17) is 0 Å². The number of alkyl halides is 3. The molecule has 2 aromatic rings. The molecule has 0 radical (unpaired) electrons. The van der Waals surface area contributed by atoms with Crippen LogP contribution in [0.3, 0.4) is 0 Å². The lowest BCUT2D eigenvalue weighted by Gasteiger charge is -2.19. The van der Waals surface area contributed by atoms with E-state index in [0.717, 1.165) is 12.1 Å². The number of aliphatic hydroxyl groups excluding tert-OH is 1. The van der Waals surface area contributed by atoms with Crippen LogP contribution in [0.2, 0.25) is 0 Å². The van der Waals surface area contributed by atoms with E-state index in [1.165, 1.54) is 6.07 Å². The topological polar surface area (TPSA) is 38.0 Å². The highest BCUT2D eigenvalue weighted by Crippen LogP contribution is 2.32. The molecule has 6 heteroatoms. The van der Waals surface area contributed by atoms with Crippen molar-refractivity contribution in [2.24, 2.45) is 0 Å². The second-order valence-corrected chi connectivity index (χ2v) is 4.53. The number of halogens is 3. The van der Waals surface area contributed by atoms with Gasteiger partial charge in [0, 0.05) is 13.0 Å². The van der Waals surface area contributed by atoms with Crippen LogP contribution in [0.4, 0.5) is 13.2 Å². The largest absolute Gasteiger partial charge is 0.416 e. The average molecular weight is 256 g/mol. The first-order valence-electron chi connectivity index (χ1n) is 5.69. The van der Waals surface area contributed by atoms with Gasteiger partial charge in [0.25, 0.3) is 0 Å². The molecule has 0 fully saturated rings. The number of aromatic nitrogens is 2. The summed E-state index contributed by atoms with van der Waals surface area (Å²) in [7, 11) is 0. The maximum Gasteiger partial charge on any atom is 0.416 e. The quantitative estimate of drug-likeness (QED) is 0.785. The molecule has 1 unspecified atom stereocenters. The third-order valence-corrected chi connectivity index (χ3v) is 3.26. The highest BCUT2D eigenvalue weighted by Gasteiger charge is 2.31. The molecule has 1 atom stereocenters. The van der Waals surface area contributed by atoms with Gasteiger partial charge in [0.05, 0.1) is 22.7 Å². The first-order chi connectivity index (χ1) is 8.45. The summed E-state index contributed by atoms with van der Waals surface area (Å²) in [5, 5.41) is 9.53. The Hall–Kier alpha value is -1.56. The minimum atomic E-state index is -4.35. The first kappa shape index (κ1) is 11.5. The van der Waals surface area contributed by atoms with E-state index in [9.17, 15) is 18.3 Å². The van der Waals surface area contributed by atoms with E-state index in [1.807, 2.05) is 4.57 Å². The number of benzene rings is 1. The minimum Gasteiger partial charge on any atom is -0.393 e. The number of imidazole rings is 1. The lowest BCUT2D eigenvalue weighted by molar-refractivity contribution is -0.137. The Morgan fingerprint density at radius 1 is 1.33 bits per heavy atom. The van der Waals surface area contributed by atoms with E-state index in [1.54, 1.807) is 0 Å². The van der Waals surface area contributed by atoms with Gasteiger partial charge in [-0.1, -0.05) is 0 Å². The molecular formula is C12H11F3N2O. The van der Waals surface area contributed by atoms with Gasteiger partial charge in [-0.2, -0.15) is 13.2 Å². The van der Waals surface area contributed by atoms with Crippen LogP contribution in [0, 0.1) is 0 Å². The summed E-state index contributed by atoms with van der Waals surface area (Å²) in [6.45, 7) is 0.596. The van der Waals surface area contributed by atoms with Crippen LogP contribution >= 0.6 is 0 Å². The molecule has 96 valence electrons. The van der Waals surface area contributed by atoms with E-state index in [-0.39, 0.29) is 0 Å². The van der Waals surface area contributed by atoms with Gasteiger partial charge in [-0.3, -0.25) is 0 Å². The van der Waals surface area contributed by atoms with E-state index >= 15 is 0 Å². The van der Waals surface area contributed by atoms with Gasteiger partial charge < -0.3 is 9.67 Å². The van der Waals surface area contributed by atoms with Crippen LogP contribution in [0.25, 0.3) is 11.0 Å². The van der Waals surface area contributed by atoms with Crippen LogP contribution in [-0.2, 0) is 19.1 Å². The van der Waals surface area contributed by atoms with E-state index in [0.29, 0.717) is 36.2 Å². The van der Waals surface area contributed by atoms with Gasteiger partial charge in [0.15, 0.2) is 0 Å². The van der Waals surface area contributed by atoms with Gasteiger partial charge in [-0.15, -0.1) is 0 Å². The fourth-order valence-electron chi connectivity index (χ4n) is 2.35. The van der Waals surface area contributed by atoms with Crippen molar-refractivity contribution in [2.45, 2.75) is 31.7 Å². The predicted octanol–water partition coefficient (Wildman–Crippen LogP) is 2.36. The van der Waals surface area contributed by atoms with Gasteiger partial charge in [-0.05, 0) is 24.6 Å². The van der Waals surface area contributed by atoms with Crippen molar-refractivity contribution in [1.82, 2.24) is 9.55 Å². The molecule has 1 aromatic heterocycles. The smallest absolute Gasteiger partial charge is 0.393 e. The second kappa shape index (κ2) is 3.71. The minimum absolute atomic E-state index is 0.342. The Bertz CT molecular complexity index is 603. The van der Waals surface area contributed by atoms with Crippen LogP contribution in [-0.4, -0.2) is 20.8 Å². The molecule has 1 aliphatic heterocycles. The molecule has 0 aliphatic carbocycles. The third kappa shape index (κ3) is 1.77. The molecule has 1 aromatic carbocycles. The molecule has 2 heterocycles. The van der Waals surface area contributed by atoms with Gasteiger partial charge in [0.2, 0.25) is 0 Å². The highest BCUT2D eigenvalue weighted by molar-refractivity contribution is 5.77. The number of aliphatic hydroxyl groups is 1. The summed E-state index contributed by atoms with van der Waals surface area (Å²) < 4.78 is 39.6. The molecule has 0 saturated carbocycles. The lowest BCUT2D eigenvalue weighted by atomic mass is 10.1. The Kier molecular flexibility index (Phi) is 2.38. The zero-order valence-electron chi connectivity index (χ0n) is 9.41. The number of hydrogen-bond acceptors (Lipinski definition) is 2. The van der Waals surface area contributed by atoms with Gasteiger partial charge >= 0.3 is 6.18 Å². The molecule has 18 heavy (non-hydrogen) atoms. The SMILES string of the molecule is OC1CCn2c(nc3cc(C(F)(F)F)ccc32)C1. The fraction of sp³-hybridized carbons (Fsp3) is 0.417. The molecule has 0 spiro atoms. The Labute approximate surface area is 101 Å². The van der Waals surface area contributed by atoms with Crippen molar-refractivity contribution in [2.75, 3.05) is 0 Å². The van der Waals surface area contributed by atoms with Crippen LogP contribution in [0.5, 0.6) is 0 Å². The number of rotatable bonds is 0. The first-order valence-corrected chi connectivity index (χ1v) is 5.69. The summed E-state index contributed by atoms with van der Waals surface area (Å²) in [6.07, 6.45) is -3.79. The molecule has 1 N–H and O–H groups in total. The van der Waals surface area contributed by atoms with Crippen LogP contribution in [0.1, 0.15) is 17.8 Å². The predicted molar refractivity (Wildman–Crippen MR) is 59.1 cm³/mol. The second-order valence-electron chi connectivity index (χ2n) is 4.53. The summed E-state index contributed by atoms with van der Waals surface area (Å²) in [5.41, 5.74) is 0.352. The Balaban J connectivity index is 2.14. The van der Waals surface area contributed by atoms with Crippen LogP contribution in [0.15, 0.2) is 18.2 Å². The number of nitrogens with zero attached hydrogens (tertiary/aromatic N) is 2. The number of hydrogen-bond donors (Lipinski definition) is 1. The standard InChI is InChI=1S/C12H11F3N2O/c13-12(14,15)7-1-2-10-9(5-7)16-11-6-8(18)3-4-17(10)11/h1-2,5,8,18H,3-4,6H2. The normalized spacial score (nSPS) is 20.1. The maximum absolute atomic E-state index is 12.6. The number of aryl methyl sites for hydroxylation is 1. The number of fused-ring (bicyclic) bond motifs is 3. The molecule has 3 rings (SSSR count). The Morgan fingerprint density at radius 3 is 2.83 bits per heavy atom. The maximum atomic E-state index is 12.6. The summed E-state index contributed by atoms with van der Waals surface area (Å²) in [5.74, 6) is 0.656. The van der Waals surface area contributed by atoms with E-state index < -0.39 is 17.8 Å². The molecule has 0 amide bonds. The van der Waals surface area contributed by atoms with Crippen LogP contribution < -0.4 is 0 Å².